The van der Waals surface area contributed by atoms with Crippen LogP contribution < -0.4 is 0 Å². The summed E-state index contributed by atoms with van der Waals surface area (Å²) in [6, 6.07) is 0. The lowest BCUT2D eigenvalue weighted by Gasteiger charge is -2.08. The second-order valence-electron chi connectivity index (χ2n) is 4.52. The Balaban J connectivity index is 0.000000191. The minimum absolute atomic E-state index is 0.206. The quantitative estimate of drug-likeness (QED) is 0.714. The molecule has 9 heteroatoms. The average molecular weight is 316 g/mol. The maximum atomic E-state index is 10.8. The highest BCUT2D eigenvalue weighted by atomic mass is 32.2. The zero-order valence-electron chi connectivity index (χ0n) is 11.0. The second kappa shape index (κ2) is 6.49. The number of aliphatic hydroxyl groups is 1. The first-order valence-corrected chi connectivity index (χ1v) is 9.09. The molecule has 0 aromatic heterocycles. The number of hydrogen-bond acceptors (Lipinski definition) is 7. The molecule has 7 nitrogen and oxygen atoms in total. The van der Waals surface area contributed by atoms with Gasteiger partial charge in [0.15, 0.2) is 0 Å². The molecule has 3 unspecified atom stereocenters. The fourth-order valence-electron chi connectivity index (χ4n) is 1.94. The smallest absolute Gasteiger partial charge is 0.272 e. The zero-order valence-corrected chi connectivity index (χ0v) is 12.6. The molecule has 0 saturated carbocycles. The Hall–Kier alpha value is -0.220. The summed E-state index contributed by atoms with van der Waals surface area (Å²) in [7, 11) is -6.57. The maximum Gasteiger partial charge on any atom is 0.272 e. The molecule has 2 fully saturated rings. The Kier molecular flexibility index (Phi) is 5.75. The van der Waals surface area contributed by atoms with Crippen molar-refractivity contribution >= 4 is 20.2 Å². The lowest BCUT2D eigenvalue weighted by Crippen LogP contribution is -2.27. The molecule has 2 heterocycles. The minimum Gasteiger partial charge on any atom is -0.392 e. The molecule has 0 aromatic carbocycles. The molecule has 0 radical (unpaired) electrons. The van der Waals surface area contributed by atoms with E-state index in [0.29, 0.717) is 25.9 Å². The number of aliphatic hydroxyl groups excluding tert-OH is 1. The van der Waals surface area contributed by atoms with Crippen LogP contribution in [0.25, 0.3) is 0 Å². The Labute approximate surface area is 114 Å². The van der Waals surface area contributed by atoms with Gasteiger partial charge in [0.1, 0.15) is 5.25 Å². The third-order valence-electron chi connectivity index (χ3n) is 3.11. The molecular weight excluding hydrogens is 296 g/mol. The van der Waals surface area contributed by atoms with Gasteiger partial charge in [0.05, 0.1) is 24.6 Å². The molecule has 2 aliphatic heterocycles. The third-order valence-corrected chi connectivity index (χ3v) is 6.86. The van der Waals surface area contributed by atoms with Crippen LogP contribution >= 0.6 is 0 Å². The van der Waals surface area contributed by atoms with Crippen molar-refractivity contribution in [3.05, 3.63) is 0 Å². The fraction of sp³-hybridized carbons (Fsp3) is 1.00. The molecule has 3 atom stereocenters. The Bertz CT molecular complexity index is 480. The van der Waals surface area contributed by atoms with E-state index in [1.165, 1.54) is 6.92 Å². The molecule has 2 rings (SSSR count). The number of rotatable bonds is 2. The van der Waals surface area contributed by atoms with Gasteiger partial charge in [-0.15, -0.1) is 0 Å². The van der Waals surface area contributed by atoms with E-state index in [-0.39, 0.29) is 11.9 Å². The highest BCUT2D eigenvalue weighted by Crippen LogP contribution is 2.20. The van der Waals surface area contributed by atoms with Crippen LogP contribution in [-0.4, -0.2) is 51.8 Å². The van der Waals surface area contributed by atoms with E-state index in [2.05, 4.69) is 8.37 Å². The van der Waals surface area contributed by atoms with Crippen LogP contribution in [0.3, 0.4) is 0 Å². The van der Waals surface area contributed by atoms with Gasteiger partial charge in [0, 0.05) is 0 Å². The largest absolute Gasteiger partial charge is 0.392 e. The van der Waals surface area contributed by atoms with E-state index in [9.17, 15) is 16.8 Å². The average Bonchev–Trinajstić information content (AvgIpc) is 2.80. The molecule has 2 saturated heterocycles. The molecule has 114 valence electrons. The van der Waals surface area contributed by atoms with Gasteiger partial charge in [-0.1, -0.05) is 6.92 Å². The van der Waals surface area contributed by atoms with Gasteiger partial charge in [-0.2, -0.15) is 16.8 Å². The van der Waals surface area contributed by atoms with Crippen LogP contribution in [0.4, 0.5) is 0 Å². The summed E-state index contributed by atoms with van der Waals surface area (Å²) in [5.74, 6) is 0. The first kappa shape index (κ1) is 16.8. The lowest BCUT2D eigenvalue weighted by molar-refractivity contribution is 0.188. The summed E-state index contributed by atoms with van der Waals surface area (Å²) >= 11 is 0. The molecular formula is C10H20O7S2. The van der Waals surface area contributed by atoms with Crippen LogP contribution in [0.1, 0.15) is 33.1 Å². The van der Waals surface area contributed by atoms with Crippen molar-refractivity contribution in [3.63, 3.8) is 0 Å². The van der Waals surface area contributed by atoms with Gasteiger partial charge in [-0.05, 0) is 26.2 Å². The topological polar surface area (TPSA) is 107 Å². The zero-order chi connectivity index (χ0) is 14.7. The molecule has 0 spiro atoms. The van der Waals surface area contributed by atoms with E-state index >= 15 is 0 Å². The van der Waals surface area contributed by atoms with E-state index in [4.69, 9.17) is 5.11 Å². The molecule has 2 aliphatic rings. The number of hydrogen-bond donors (Lipinski definition) is 1. The summed E-state index contributed by atoms with van der Waals surface area (Å²) < 4.78 is 52.1. The van der Waals surface area contributed by atoms with Crippen LogP contribution in [-0.2, 0) is 28.6 Å². The molecule has 0 aromatic rings. The monoisotopic (exact) mass is 316 g/mol. The molecule has 1 N–H and O–H groups in total. The Morgan fingerprint density at radius 3 is 1.84 bits per heavy atom. The molecule has 0 amide bonds. The minimum atomic E-state index is -3.44. The predicted molar refractivity (Wildman–Crippen MR) is 68.5 cm³/mol. The summed E-state index contributed by atoms with van der Waals surface area (Å²) in [6.07, 6.45) is 0.911. The van der Waals surface area contributed by atoms with Gasteiger partial charge in [-0.3, -0.25) is 8.37 Å². The molecule has 0 bridgehead atoms. The van der Waals surface area contributed by atoms with Crippen molar-refractivity contribution < 1.29 is 30.3 Å². The Morgan fingerprint density at radius 1 is 1.11 bits per heavy atom. The van der Waals surface area contributed by atoms with Gasteiger partial charge in [-0.25, -0.2) is 0 Å². The summed E-state index contributed by atoms with van der Waals surface area (Å²) in [5.41, 5.74) is 0. The highest BCUT2D eigenvalue weighted by Gasteiger charge is 2.36. The lowest BCUT2D eigenvalue weighted by atomic mass is 10.2. The van der Waals surface area contributed by atoms with Gasteiger partial charge in [0.2, 0.25) is 0 Å². The Morgan fingerprint density at radius 2 is 1.63 bits per heavy atom. The van der Waals surface area contributed by atoms with E-state index in [1.807, 2.05) is 6.92 Å². The predicted octanol–water partition coefficient (Wildman–Crippen LogP) is 0.00100. The van der Waals surface area contributed by atoms with Gasteiger partial charge < -0.3 is 5.11 Å². The van der Waals surface area contributed by atoms with Crippen molar-refractivity contribution in [1.29, 1.82) is 0 Å². The van der Waals surface area contributed by atoms with Crippen LogP contribution in [0.15, 0.2) is 0 Å². The van der Waals surface area contributed by atoms with Gasteiger partial charge >= 0.3 is 0 Å². The van der Waals surface area contributed by atoms with Crippen molar-refractivity contribution in [1.82, 2.24) is 0 Å². The van der Waals surface area contributed by atoms with Crippen LogP contribution in [0, 0.1) is 0 Å². The second-order valence-corrected chi connectivity index (χ2v) is 8.23. The van der Waals surface area contributed by atoms with Gasteiger partial charge in [0.25, 0.3) is 20.2 Å². The summed E-state index contributed by atoms with van der Waals surface area (Å²) in [4.78, 5) is 0. The first-order valence-electron chi connectivity index (χ1n) is 6.15. The molecule has 19 heavy (non-hydrogen) atoms. The van der Waals surface area contributed by atoms with Crippen LogP contribution in [0.2, 0.25) is 0 Å². The normalized spacial score (nSPS) is 33.4. The standard InChI is InChI=1S/C5H10O4S.C5H10O3S/c1-4(6)5-2-3-9-10(5,7)8;1-2-5-3-4-8-9(5,6)7/h4-6H,2-3H2,1H3;5H,2-4H2,1H3. The SMILES string of the molecule is CC(O)C1CCOS1(=O)=O.CCC1CCOS1(=O)=O. The van der Waals surface area contributed by atoms with E-state index in [1.54, 1.807) is 0 Å². The molecule has 0 aliphatic carbocycles. The fourth-order valence-corrected chi connectivity index (χ4v) is 4.62. The van der Waals surface area contributed by atoms with Crippen molar-refractivity contribution in [3.8, 4) is 0 Å². The van der Waals surface area contributed by atoms with Crippen molar-refractivity contribution in [2.24, 2.45) is 0 Å². The van der Waals surface area contributed by atoms with E-state index < -0.39 is 31.6 Å². The van der Waals surface area contributed by atoms with Crippen molar-refractivity contribution in [2.75, 3.05) is 13.2 Å². The third kappa shape index (κ3) is 4.38. The van der Waals surface area contributed by atoms with Crippen LogP contribution in [0.5, 0.6) is 0 Å². The first-order chi connectivity index (χ1) is 8.70. The van der Waals surface area contributed by atoms with Crippen molar-refractivity contribution in [2.45, 2.75) is 49.7 Å². The highest BCUT2D eigenvalue weighted by molar-refractivity contribution is 7.87. The summed E-state index contributed by atoms with van der Waals surface area (Å²) in [5, 5.41) is 7.97. The van der Waals surface area contributed by atoms with E-state index in [0.717, 1.165) is 0 Å². The summed E-state index contributed by atoms with van der Waals surface area (Å²) in [6.45, 7) is 3.90. The maximum absolute atomic E-state index is 10.8.